The van der Waals surface area contributed by atoms with Crippen LogP contribution in [0.15, 0.2) is 48.8 Å². The molecule has 0 amide bonds. The maximum absolute atomic E-state index is 10.7. The average Bonchev–Trinajstić information content (AvgIpc) is 2.38. The van der Waals surface area contributed by atoms with Crippen LogP contribution in [-0.4, -0.2) is 16.1 Å². The number of hydrogen-bond donors (Lipinski definition) is 1. The summed E-state index contributed by atoms with van der Waals surface area (Å²) in [5.41, 5.74) is 2.71. The van der Waals surface area contributed by atoms with Crippen molar-refractivity contribution in [2.45, 2.75) is 12.8 Å². The fourth-order valence-corrected chi connectivity index (χ4v) is 1.65. The number of rotatable bonds is 4. The average molecular weight is 264 g/mol. The maximum Gasteiger partial charge on any atom is 0.335 e. The number of pyridine rings is 1. The van der Waals surface area contributed by atoms with Crippen LogP contribution in [0, 0.1) is 0 Å². The lowest BCUT2D eigenvalue weighted by Crippen LogP contribution is -1.97. The van der Waals surface area contributed by atoms with Crippen LogP contribution in [0.3, 0.4) is 0 Å². The van der Waals surface area contributed by atoms with Gasteiger partial charge in [0, 0.05) is 12.4 Å². The molecule has 0 spiro atoms. The highest BCUT2D eigenvalue weighted by atomic mass is 35.5. The smallest absolute Gasteiger partial charge is 0.335 e. The Morgan fingerprint density at radius 1 is 0.944 bits per heavy atom. The fourth-order valence-electron chi connectivity index (χ4n) is 1.65. The van der Waals surface area contributed by atoms with Crippen LogP contribution in [0.4, 0.5) is 0 Å². The van der Waals surface area contributed by atoms with Crippen LogP contribution >= 0.6 is 12.4 Å². The molecule has 2 aromatic rings. The van der Waals surface area contributed by atoms with Crippen molar-refractivity contribution in [3.8, 4) is 0 Å². The molecule has 3 nitrogen and oxygen atoms in total. The molecular formula is C14H14ClNO2. The Hall–Kier alpha value is -1.87. The zero-order valence-corrected chi connectivity index (χ0v) is 10.6. The van der Waals surface area contributed by atoms with E-state index in [-0.39, 0.29) is 12.4 Å². The second kappa shape index (κ2) is 6.77. The third-order valence-corrected chi connectivity index (χ3v) is 2.65. The van der Waals surface area contributed by atoms with E-state index in [1.165, 1.54) is 5.56 Å². The van der Waals surface area contributed by atoms with Gasteiger partial charge in [0.15, 0.2) is 0 Å². The first-order valence-corrected chi connectivity index (χ1v) is 5.47. The number of hydrogen-bond acceptors (Lipinski definition) is 2. The van der Waals surface area contributed by atoms with Crippen molar-refractivity contribution in [2.75, 3.05) is 0 Å². The van der Waals surface area contributed by atoms with Crippen molar-refractivity contribution in [1.82, 2.24) is 4.98 Å². The zero-order valence-electron chi connectivity index (χ0n) is 9.74. The molecule has 1 N–H and O–H groups in total. The first kappa shape index (κ1) is 14.2. The summed E-state index contributed by atoms with van der Waals surface area (Å²) in [7, 11) is 0. The van der Waals surface area contributed by atoms with Gasteiger partial charge in [-0.15, -0.1) is 12.4 Å². The Morgan fingerprint density at radius 3 is 1.94 bits per heavy atom. The predicted octanol–water partition coefficient (Wildman–Crippen LogP) is 2.99. The lowest BCUT2D eigenvalue weighted by Gasteiger charge is -2.02. The number of benzene rings is 1. The molecule has 0 saturated carbocycles. The summed E-state index contributed by atoms with van der Waals surface area (Å²) in [5, 5.41) is 8.78. The van der Waals surface area contributed by atoms with Crippen LogP contribution < -0.4 is 0 Å². The number of halogens is 1. The third-order valence-electron chi connectivity index (χ3n) is 2.65. The standard InChI is InChI=1S/C14H13NO2.ClH/c16-14(17)13-5-3-11(4-6-13)1-2-12-7-9-15-10-8-12;/h3-10H,1-2H2,(H,16,17);1H. The lowest BCUT2D eigenvalue weighted by atomic mass is 10.0. The van der Waals surface area contributed by atoms with Crippen LogP contribution in [0.2, 0.25) is 0 Å². The summed E-state index contributed by atoms with van der Waals surface area (Å²) in [6, 6.07) is 11.0. The van der Waals surface area contributed by atoms with Crippen molar-refractivity contribution >= 4 is 18.4 Å². The number of carboxylic acids is 1. The second-order valence-corrected chi connectivity index (χ2v) is 3.86. The fraction of sp³-hybridized carbons (Fsp3) is 0.143. The second-order valence-electron chi connectivity index (χ2n) is 3.86. The van der Waals surface area contributed by atoms with E-state index >= 15 is 0 Å². The highest BCUT2D eigenvalue weighted by molar-refractivity contribution is 5.87. The van der Waals surface area contributed by atoms with Crippen molar-refractivity contribution in [1.29, 1.82) is 0 Å². The molecule has 0 unspecified atom stereocenters. The lowest BCUT2D eigenvalue weighted by molar-refractivity contribution is 0.0697. The Morgan fingerprint density at radius 2 is 1.44 bits per heavy atom. The van der Waals surface area contributed by atoms with Gasteiger partial charge >= 0.3 is 5.97 Å². The monoisotopic (exact) mass is 263 g/mol. The van der Waals surface area contributed by atoms with E-state index in [4.69, 9.17) is 5.11 Å². The Labute approximate surface area is 112 Å². The SMILES string of the molecule is Cl.O=C(O)c1ccc(CCc2ccncc2)cc1. The molecule has 1 heterocycles. The molecule has 2 rings (SSSR count). The number of aryl methyl sites for hydroxylation is 2. The van der Waals surface area contributed by atoms with Gasteiger partial charge in [-0.05, 0) is 48.2 Å². The van der Waals surface area contributed by atoms with Gasteiger partial charge in [0.1, 0.15) is 0 Å². The molecule has 0 radical (unpaired) electrons. The minimum absolute atomic E-state index is 0. The molecule has 0 saturated heterocycles. The predicted molar refractivity (Wildman–Crippen MR) is 72.3 cm³/mol. The van der Waals surface area contributed by atoms with E-state index in [9.17, 15) is 4.79 Å². The molecular weight excluding hydrogens is 250 g/mol. The molecule has 0 aliphatic rings. The maximum atomic E-state index is 10.7. The quantitative estimate of drug-likeness (QED) is 0.923. The number of nitrogens with zero attached hydrogens (tertiary/aromatic N) is 1. The number of aromatic carboxylic acids is 1. The van der Waals surface area contributed by atoms with Crippen molar-refractivity contribution in [3.05, 3.63) is 65.5 Å². The van der Waals surface area contributed by atoms with Crippen LogP contribution in [0.1, 0.15) is 21.5 Å². The summed E-state index contributed by atoms with van der Waals surface area (Å²) < 4.78 is 0. The largest absolute Gasteiger partial charge is 0.478 e. The molecule has 0 aliphatic carbocycles. The third kappa shape index (κ3) is 3.86. The van der Waals surface area contributed by atoms with Crippen LogP contribution in [0.5, 0.6) is 0 Å². The van der Waals surface area contributed by atoms with Crippen molar-refractivity contribution in [2.24, 2.45) is 0 Å². The van der Waals surface area contributed by atoms with Gasteiger partial charge in [-0.1, -0.05) is 12.1 Å². The molecule has 0 fully saturated rings. The summed E-state index contributed by atoms with van der Waals surface area (Å²) >= 11 is 0. The molecule has 18 heavy (non-hydrogen) atoms. The molecule has 0 atom stereocenters. The van der Waals surface area contributed by atoms with E-state index in [0.717, 1.165) is 18.4 Å². The Balaban J connectivity index is 0.00000162. The zero-order chi connectivity index (χ0) is 12.1. The highest BCUT2D eigenvalue weighted by Crippen LogP contribution is 2.08. The molecule has 1 aromatic carbocycles. The number of aromatic nitrogens is 1. The topological polar surface area (TPSA) is 50.2 Å². The van der Waals surface area contributed by atoms with Crippen molar-refractivity contribution < 1.29 is 9.90 Å². The highest BCUT2D eigenvalue weighted by Gasteiger charge is 2.01. The van der Waals surface area contributed by atoms with E-state index in [1.54, 1.807) is 24.5 Å². The summed E-state index contributed by atoms with van der Waals surface area (Å²) in [4.78, 5) is 14.7. The molecule has 0 bridgehead atoms. The Kier molecular flexibility index (Phi) is 5.33. The molecule has 4 heteroatoms. The first-order chi connectivity index (χ1) is 8.25. The van der Waals surface area contributed by atoms with E-state index in [0.29, 0.717) is 5.56 Å². The van der Waals surface area contributed by atoms with Crippen LogP contribution in [-0.2, 0) is 12.8 Å². The number of carbonyl (C=O) groups is 1. The molecule has 94 valence electrons. The summed E-state index contributed by atoms with van der Waals surface area (Å²) in [6.45, 7) is 0. The normalized spacial score (nSPS) is 9.56. The van der Waals surface area contributed by atoms with Crippen LogP contribution in [0.25, 0.3) is 0 Å². The van der Waals surface area contributed by atoms with Gasteiger partial charge in [0.05, 0.1) is 5.56 Å². The minimum Gasteiger partial charge on any atom is -0.478 e. The summed E-state index contributed by atoms with van der Waals surface area (Å²) in [6.07, 6.45) is 5.41. The van der Waals surface area contributed by atoms with Gasteiger partial charge < -0.3 is 5.11 Å². The van der Waals surface area contributed by atoms with Gasteiger partial charge in [0.25, 0.3) is 0 Å². The van der Waals surface area contributed by atoms with Gasteiger partial charge in [0.2, 0.25) is 0 Å². The van der Waals surface area contributed by atoms with Gasteiger partial charge in [-0.2, -0.15) is 0 Å². The first-order valence-electron chi connectivity index (χ1n) is 5.47. The van der Waals surface area contributed by atoms with Crippen molar-refractivity contribution in [3.63, 3.8) is 0 Å². The molecule has 0 aliphatic heterocycles. The summed E-state index contributed by atoms with van der Waals surface area (Å²) in [5.74, 6) is -0.884. The minimum atomic E-state index is -0.884. The molecule has 1 aromatic heterocycles. The van der Waals surface area contributed by atoms with E-state index in [2.05, 4.69) is 4.98 Å². The van der Waals surface area contributed by atoms with Gasteiger partial charge in [-0.3, -0.25) is 4.98 Å². The number of carboxylic acid groups (broad SMARTS) is 1. The van der Waals surface area contributed by atoms with E-state index < -0.39 is 5.97 Å². The van der Waals surface area contributed by atoms with E-state index in [1.807, 2.05) is 24.3 Å². The van der Waals surface area contributed by atoms with Gasteiger partial charge in [-0.25, -0.2) is 4.79 Å². The Bertz CT molecular complexity index is 497.